The molecule has 1 aliphatic rings. The summed E-state index contributed by atoms with van der Waals surface area (Å²) in [5, 5.41) is 17.8. The van der Waals surface area contributed by atoms with Gasteiger partial charge in [-0.25, -0.2) is 4.79 Å². The molecule has 0 aromatic heterocycles. The molecule has 8 heteroatoms. The molecule has 0 spiro atoms. The maximum absolute atomic E-state index is 13.0. The summed E-state index contributed by atoms with van der Waals surface area (Å²) in [6.07, 6.45) is 6.09. The third-order valence-corrected chi connectivity index (χ3v) is 7.07. The van der Waals surface area contributed by atoms with Gasteiger partial charge in [0.25, 0.3) is 5.91 Å². The summed E-state index contributed by atoms with van der Waals surface area (Å²) in [6, 6.07) is 21.4. The van der Waals surface area contributed by atoms with Crippen molar-refractivity contribution >= 4 is 35.2 Å². The Kier molecular flexibility index (Phi) is 9.38. The fourth-order valence-electron chi connectivity index (χ4n) is 4.83. The highest BCUT2D eigenvalue weighted by Crippen LogP contribution is 2.33. The van der Waals surface area contributed by atoms with E-state index < -0.39 is 12.0 Å². The first-order chi connectivity index (χ1) is 18.4. The van der Waals surface area contributed by atoms with Crippen LogP contribution in [-0.4, -0.2) is 29.6 Å². The predicted octanol–water partition coefficient (Wildman–Crippen LogP) is 6.50. The number of hydrogen-bond acceptors (Lipinski definition) is 3. The fourth-order valence-corrected chi connectivity index (χ4v) is 5.02. The maximum Gasteiger partial charge on any atom is 0.319 e. The van der Waals surface area contributed by atoms with Crippen molar-refractivity contribution in [3.63, 3.8) is 0 Å². The highest BCUT2D eigenvalue weighted by molar-refractivity contribution is 6.30. The van der Waals surface area contributed by atoms with Crippen molar-refractivity contribution in [2.45, 2.75) is 50.5 Å². The largest absolute Gasteiger partial charge is 0.481 e. The van der Waals surface area contributed by atoms with E-state index in [1.807, 2.05) is 0 Å². The summed E-state index contributed by atoms with van der Waals surface area (Å²) in [4.78, 5) is 36.1. The van der Waals surface area contributed by atoms with Gasteiger partial charge < -0.3 is 21.1 Å². The van der Waals surface area contributed by atoms with Crippen molar-refractivity contribution in [3.8, 4) is 0 Å². The monoisotopic (exact) mass is 533 g/mol. The highest BCUT2D eigenvalue weighted by atomic mass is 35.5. The second-order valence-corrected chi connectivity index (χ2v) is 10.0. The van der Waals surface area contributed by atoms with Gasteiger partial charge in [-0.3, -0.25) is 9.59 Å². The van der Waals surface area contributed by atoms with E-state index in [1.165, 1.54) is 37.7 Å². The third kappa shape index (κ3) is 7.59. The van der Waals surface area contributed by atoms with Crippen LogP contribution in [-0.2, 0) is 4.79 Å². The van der Waals surface area contributed by atoms with Crippen LogP contribution >= 0.6 is 11.6 Å². The van der Waals surface area contributed by atoms with Gasteiger partial charge in [0.05, 0.1) is 12.5 Å². The first-order valence-corrected chi connectivity index (χ1v) is 13.3. The minimum Gasteiger partial charge on any atom is -0.481 e. The van der Waals surface area contributed by atoms with E-state index in [1.54, 1.807) is 48.5 Å². The Morgan fingerprint density at radius 3 is 2.18 bits per heavy atom. The third-order valence-electron chi connectivity index (χ3n) is 6.83. The van der Waals surface area contributed by atoms with Crippen LogP contribution in [0.2, 0.25) is 5.02 Å². The van der Waals surface area contributed by atoms with Gasteiger partial charge in [0.15, 0.2) is 0 Å². The Morgan fingerprint density at radius 1 is 0.895 bits per heavy atom. The Labute approximate surface area is 227 Å². The molecular weight excluding hydrogens is 502 g/mol. The topological polar surface area (TPSA) is 108 Å². The summed E-state index contributed by atoms with van der Waals surface area (Å²) >= 11 is 6.06. The molecule has 0 aliphatic heterocycles. The molecular formula is C30H32ClN3O4. The quantitative estimate of drug-likeness (QED) is 0.251. The van der Waals surface area contributed by atoms with Gasteiger partial charge in [-0.2, -0.15) is 0 Å². The number of carbonyl (C=O) groups is 3. The van der Waals surface area contributed by atoms with Crippen LogP contribution in [0.1, 0.15) is 77.5 Å². The van der Waals surface area contributed by atoms with Gasteiger partial charge in [0.2, 0.25) is 0 Å². The number of carboxylic acid groups (broad SMARTS) is 1. The fraction of sp³-hybridized carbons (Fsp3) is 0.300. The number of aliphatic carboxylic acids is 1. The average molecular weight is 534 g/mol. The smallest absolute Gasteiger partial charge is 0.319 e. The van der Waals surface area contributed by atoms with Crippen molar-refractivity contribution < 1.29 is 19.5 Å². The van der Waals surface area contributed by atoms with Crippen molar-refractivity contribution in [1.82, 2.24) is 10.6 Å². The Hall–Kier alpha value is -3.84. The van der Waals surface area contributed by atoms with Crippen LogP contribution in [0, 0.1) is 0 Å². The first-order valence-electron chi connectivity index (χ1n) is 12.9. The molecule has 0 saturated heterocycles. The van der Waals surface area contributed by atoms with E-state index in [0.717, 1.165) is 11.1 Å². The lowest BCUT2D eigenvalue weighted by Crippen LogP contribution is -2.33. The Bertz CT molecular complexity index is 1260. The van der Waals surface area contributed by atoms with Gasteiger partial charge in [-0.15, -0.1) is 0 Å². The van der Waals surface area contributed by atoms with Crippen molar-refractivity contribution in [1.29, 1.82) is 0 Å². The molecule has 1 aliphatic carbocycles. The second-order valence-electron chi connectivity index (χ2n) is 9.57. The summed E-state index contributed by atoms with van der Waals surface area (Å²) in [6.45, 7) is 0.0527. The lowest BCUT2D eigenvalue weighted by Gasteiger charge is -2.24. The molecule has 1 saturated carbocycles. The lowest BCUT2D eigenvalue weighted by atomic mass is 9.83. The molecule has 0 radical (unpaired) electrons. The Balaban J connectivity index is 1.53. The number of anilines is 1. The number of nitrogens with one attached hydrogen (secondary N) is 3. The molecule has 4 N–H and O–H groups in total. The predicted molar refractivity (Wildman–Crippen MR) is 149 cm³/mol. The molecule has 0 heterocycles. The minimum absolute atomic E-state index is 0.0527. The van der Waals surface area contributed by atoms with Gasteiger partial charge in [-0.05, 0) is 65.8 Å². The lowest BCUT2D eigenvalue weighted by molar-refractivity contribution is -0.136. The normalized spacial score (nSPS) is 14.3. The van der Waals surface area contributed by atoms with E-state index in [-0.39, 0.29) is 24.9 Å². The molecule has 0 bridgehead atoms. The highest BCUT2D eigenvalue weighted by Gasteiger charge is 2.20. The number of rotatable bonds is 9. The summed E-state index contributed by atoms with van der Waals surface area (Å²) in [5.41, 5.74) is 4.04. The summed E-state index contributed by atoms with van der Waals surface area (Å²) in [5.74, 6) is -0.743. The number of hydrogen-bond donors (Lipinski definition) is 4. The van der Waals surface area contributed by atoms with Crippen LogP contribution in [0.25, 0.3) is 0 Å². The molecule has 4 rings (SSSR count). The average Bonchev–Trinajstić information content (AvgIpc) is 2.92. The molecule has 38 heavy (non-hydrogen) atoms. The first kappa shape index (κ1) is 27.2. The van der Waals surface area contributed by atoms with Crippen molar-refractivity contribution in [2.24, 2.45) is 0 Å². The molecule has 1 unspecified atom stereocenters. The number of benzene rings is 3. The van der Waals surface area contributed by atoms with Crippen molar-refractivity contribution in [3.05, 3.63) is 100 Å². The number of amides is 3. The number of carbonyl (C=O) groups excluding carboxylic acids is 2. The summed E-state index contributed by atoms with van der Waals surface area (Å²) in [7, 11) is 0. The van der Waals surface area contributed by atoms with E-state index in [0.29, 0.717) is 22.2 Å². The molecule has 198 valence electrons. The van der Waals surface area contributed by atoms with Crippen molar-refractivity contribution in [2.75, 3.05) is 11.9 Å². The maximum atomic E-state index is 13.0. The van der Waals surface area contributed by atoms with E-state index in [4.69, 9.17) is 16.7 Å². The van der Waals surface area contributed by atoms with Gasteiger partial charge >= 0.3 is 12.0 Å². The van der Waals surface area contributed by atoms with Crippen LogP contribution < -0.4 is 16.0 Å². The van der Waals surface area contributed by atoms with Crippen LogP contribution in [0.4, 0.5) is 10.5 Å². The Morgan fingerprint density at radius 2 is 1.55 bits per heavy atom. The SMILES string of the molecule is O=C(O)CCNC(=O)c1ccc(C(NC(=O)Nc2cccc(Cl)c2)c2ccc(C3CCCCC3)cc2)cc1. The summed E-state index contributed by atoms with van der Waals surface area (Å²) < 4.78 is 0. The zero-order valence-corrected chi connectivity index (χ0v) is 21.8. The number of halogens is 1. The van der Waals surface area contributed by atoms with Crippen LogP contribution in [0.3, 0.4) is 0 Å². The van der Waals surface area contributed by atoms with E-state index in [2.05, 4.69) is 40.2 Å². The molecule has 3 amide bonds. The minimum atomic E-state index is -0.972. The van der Waals surface area contributed by atoms with Gasteiger partial charge in [0, 0.05) is 22.8 Å². The van der Waals surface area contributed by atoms with E-state index >= 15 is 0 Å². The zero-order valence-electron chi connectivity index (χ0n) is 21.1. The van der Waals surface area contributed by atoms with E-state index in [9.17, 15) is 14.4 Å². The van der Waals surface area contributed by atoms with Crippen LogP contribution in [0.15, 0.2) is 72.8 Å². The molecule has 7 nitrogen and oxygen atoms in total. The molecule has 3 aromatic rings. The zero-order chi connectivity index (χ0) is 26.9. The van der Waals surface area contributed by atoms with Crippen LogP contribution in [0.5, 0.6) is 0 Å². The van der Waals surface area contributed by atoms with Gasteiger partial charge in [0.1, 0.15) is 0 Å². The number of carboxylic acids is 1. The standard InChI is InChI=1S/C30H32ClN3O4/c31-25-7-4-8-26(19-25)33-30(38)34-28(22-11-9-21(10-12-22)20-5-2-1-3-6-20)23-13-15-24(16-14-23)29(37)32-18-17-27(35)36/h4,7-16,19-20,28H,1-3,5-6,17-18H2,(H,32,37)(H,35,36)(H2,33,34,38). The second kappa shape index (κ2) is 13.1. The molecule has 3 aromatic carbocycles. The molecule has 1 fully saturated rings. The molecule has 1 atom stereocenters. The number of urea groups is 1. The van der Waals surface area contributed by atoms with Gasteiger partial charge in [-0.1, -0.05) is 73.3 Å².